The summed E-state index contributed by atoms with van der Waals surface area (Å²) >= 11 is 0. The van der Waals surface area contributed by atoms with E-state index in [1.807, 2.05) is 60.7 Å². The highest BCUT2D eigenvalue weighted by Crippen LogP contribution is 2.29. The Morgan fingerprint density at radius 1 is 0.585 bits per heavy atom. The van der Waals surface area contributed by atoms with E-state index in [0.29, 0.717) is 0 Å². The highest BCUT2D eigenvalue weighted by atomic mass is 16.6. The van der Waals surface area contributed by atoms with Crippen LogP contribution < -0.4 is 10.6 Å². The highest BCUT2D eigenvalue weighted by molar-refractivity contribution is 5.93. The highest BCUT2D eigenvalue weighted by Gasteiger charge is 2.38. The monoisotopic (exact) mass is 564 g/mol. The number of hydrogen-bond donors (Lipinski definition) is 2. The van der Waals surface area contributed by atoms with Crippen LogP contribution in [0.25, 0.3) is 0 Å². The molecule has 0 aliphatic heterocycles. The Kier molecular flexibility index (Phi) is 11.6. The summed E-state index contributed by atoms with van der Waals surface area (Å²) in [5, 5.41) is 5.32. The van der Waals surface area contributed by atoms with Crippen molar-refractivity contribution in [3.8, 4) is 0 Å². The minimum Gasteiger partial charge on any atom is -0.445 e. The van der Waals surface area contributed by atoms with Crippen LogP contribution in [0.4, 0.5) is 9.59 Å². The third kappa shape index (κ3) is 9.62. The van der Waals surface area contributed by atoms with Gasteiger partial charge in [-0.1, -0.05) is 99.2 Å². The number of carbonyl (C=O) groups is 4. The van der Waals surface area contributed by atoms with Crippen LogP contribution >= 0.6 is 0 Å². The van der Waals surface area contributed by atoms with Gasteiger partial charge in [0.05, 0.1) is 0 Å². The molecule has 2 amide bonds. The number of alkyl carbamates (subject to hydrolysis) is 2. The first-order valence-corrected chi connectivity index (χ1v) is 14.7. The van der Waals surface area contributed by atoms with E-state index in [0.717, 1.165) is 75.3 Å². The summed E-state index contributed by atoms with van der Waals surface area (Å²) in [6.07, 6.45) is 7.18. The minimum atomic E-state index is -1.03. The van der Waals surface area contributed by atoms with Gasteiger partial charge in [0, 0.05) is 0 Å². The van der Waals surface area contributed by atoms with Crippen LogP contribution in [0.3, 0.4) is 0 Å². The van der Waals surface area contributed by atoms with Crippen LogP contribution in [0.5, 0.6) is 0 Å². The molecule has 2 aliphatic carbocycles. The van der Waals surface area contributed by atoms with Gasteiger partial charge in [-0.05, 0) is 48.6 Å². The second-order valence-electron chi connectivity index (χ2n) is 10.9. The van der Waals surface area contributed by atoms with Gasteiger partial charge in [0.1, 0.15) is 25.3 Å². The maximum atomic E-state index is 13.4. The van der Waals surface area contributed by atoms with E-state index in [1.54, 1.807) is 0 Å². The Morgan fingerprint density at radius 2 is 0.951 bits per heavy atom. The van der Waals surface area contributed by atoms with E-state index in [2.05, 4.69) is 10.6 Å². The van der Waals surface area contributed by atoms with Gasteiger partial charge < -0.3 is 24.8 Å². The van der Waals surface area contributed by atoms with Gasteiger partial charge in [0.15, 0.2) is 0 Å². The Labute approximate surface area is 241 Å². The first-order chi connectivity index (χ1) is 20.0. The van der Waals surface area contributed by atoms with Crippen LogP contribution in [0.2, 0.25) is 0 Å². The molecule has 41 heavy (non-hydrogen) atoms. The molecular formula is C32H40N2O7. The lowest BCUT2D eigenvalue weighted by atomic mass is 9.83. The van der Waals surface area contributed by atoms with Crippen molar-refractivity contribution in [2.75, 3.05) is 0 Å². The standard InChI is InChI=1S/C32H40N2O7/c35-29(27(25-17-9-3-10-18-25)33-31(37)39-21-23-13-5-1-6-14-23)41-30(36)28(26-19-11-4-12-20-26)34-32(38)40-22-24-15-7-2-8-16-24/h1-2,5-8,13-16,25-28H,3-4,9-12,17-22H2,(H,33,37)(H,34,38). The molecule has 9 heteroatoms. The maximum absolute atomic E-state index is 13.4. The molecule has 0 aromatic heterocycles. The van der Waals surface area contributed by atoms with Crippen molar-refractivity contribution in [3.05, 3.63) is 71.8 Å². The fourth-order valence-electron chi connectivity index (χ4n) is 5.68. The first-order valence-electron chi connectivity index (χ1n) is 14.7. The molecule has 220 valence electrons. The zero-order valence-corrected chi connectivity index (χ0v) is 23.4. The Balaban J connectivity index is 1.39. The predicted molar refractivity (Wildman–Crippen MR) is 151 cm³/mol. The third-order valence-electron chi connectivity index (χ3n) is 7.92. The van der Waals surface area contributed by atoms with Gasteiger partial charge >= 0.3 is 24.1 Å². The largest absolute Gasteiger partial charge is 0.445 e. The summed E-state index contributed by atoms with van der Waals surface area (Å²) < 4.78 is 16.1. The molecule has 2 N–H and O–H groups in total. The van der Waals surface area contributed by atoms with Crippen molar-refractivity contribution in [2.24, 2.45) is 11.8 Å². The Bertz CT molecular complexity index is 1040. The summed E-state index contributed by atoms with van der Waals surface area (Å²) in [5.74, 6) is -2.02. The van der Waals surface area contributed by atoms with Crippen LogP contribution in [0.1, 0.15) is 75.3 Å². The van der Waals surface area contributed by atoms with Crippen LogP contribution in [-0.2, 0) is 37.0 Å². The summed E-state index contributed by atoms with van der Waals surface area (Å²) in [6, 6.07) is 16.4. The topological polar surface area (TPSA) is 120 Å². The molecule has 2 aromatic carbocycles. The SMILES string of the molecule is O=C(NC(C(=O)OC(=O)C(NC(=O)OCc1ccccc1)C1CCCCC1)C1CCCCC1)OCc1ccccc1. The lowest BCUT2D eigenvalue weighted by Gasteiger charge is -2.31. The number of nitrogens with one attached hydrogen (secondary N) is 2. The molecule has 0 radical (unpaired) electrons. The molecule has 2 atom stereocenters. The van der Waals surface area contributed by atoms with Gasteiger partial charge in [0.25, 0.3) is 0 Å². The molecule has 9 nitrogen and oxygen atoms in total. The van der Waals surface area contributed by atoms with Crippen molar-refractivity contribution in [1.29, 1.82) is 0 Å². The van der Waals surface area contributed by atoms with E-state index in [-0.39, 0.29) is 25.0 Å². The maximum Gasteiger partial charge on any atom is 0.408 e. The van der Waals surface area contributed by atoms with E-state index < -0.39 is 36.2 Å². The van der Waals surface area contributed by atoms with Crippen molar-refractivity contribution < 1.29 is 33.4 Å². The number of benzene rings is 2. The number of amides is 2. The van der Waals surface area contributed by atoms with Crippen molar-refractivity contribution in [3.63, 3.8) is 0 Å². The van der Waals surface area contributed by atoms with Gasteiger partial charge in [-0.2, -0.15) is 0 Å². The van der Waals surface area contributed by atoms with Crippen LogP contribution in [0, 0.1) is 11.8 Å². The van der Waals surface area contributed by atoms with Crippen molar-refractivity contribution in [1.82, 2.24) is 10.6 Å². The second-order valence-corrected chi connectivity index (χ2v) is 10.9. The molecule has 2 saturated carbocycles. The van der Waals surface area contributed by atoms with E-state index >= 15 is 0 Å². The molecule has 2 aliphatic rings. The number of esters is 2. The lowest BCUT2D eigenvalue weighted by molar-refractivity contribution is -0.164. The molecule has 0 saturated heterocycles. The number of hydrogen-bond acceptors (Lipinski definition) is 7. The molecule has 0 bridgehead atoms. The van der Waals surface area contributed by atoms with Gasteiger partial charge in [-0.3, -0.25) is 0 Å². The van der Waals surface area contributed by atoms with E-state index in [1.165, 1.54) is 0 Å². The normalized spacial score (nSPS) is 17.5. The van der Waals surface area contributed by atoms with Gasteiger partial charge in [-0.15, -0.1) is 0 Å². The van der Waals surface area contributed by atoms with Crippen molar-refractivity contribution in [2.45, 2.75) is 89.5 Å². The predicted octanol–water partition coefficient (Wildman–Crippen LogP) is 5.81. The summed E-state index contributed by atoms with van der Waals surface area (Å²) in [5.41, 5.74) is 1.63. The van der Waals surface area contributed by atoms with Gasteiger partial charge in [0.2, 0.25) is 0 Å². The fourth-order valence-corrected chi connectivity index (χ4v) is 5.68. The summed E-state index contributed by atoms with van der Waals surface area (Å²) in [7, 11) is 0. The van der Waals surface area contributed by atoms with E-state index in [4.69, 9.17) is 14.2 Å². The number of rotatable bonds is 10. The average molecular weight is 565 g/mol. The average Bonchev–Trinajstić information content (AvgIpc) is 3.02. The van der Waals surface area contributed by atoms with Crippen LogP contribution in [0.15, 0.2) is 60.7 Å². The molecule has 2 fully saturated rings. The minimum absolute atomic E-state index is 0.0524. The molecule has 0 heterocycles. The molecular weight excluding hydrogens is 524 g/mol. The number of ether oxygens (including phenoxy) is 3. The quantitative estimate of drug-likeness (QED) is 0.212. The Hall–Kier alpha value is -3.88. The summed E-state index contributed by atoms with van der Waals surface area (Å²) in [4.78, 5) is 52.1. The molecule has 2 unspecified atom stereocenters. The van der Waals surface area contributed by atoms with Crippen LogP contribution in [-0.4, -0.2) is 36.2 Å². The van der Waals surface area contributed by atoms with E-state index in [9.17, 15) is 19.2 Å². The molecule has 4 rings (SSSR count). The smallest absolute Gasteiger partial charge is 0.408 e. The third-order valence-corrected chi connectivity index (χ3v) is 7.92. The zero-order chi connectivity index (χ0) is 28.9. The Morgan fingerprint density at radius 3 is 1.32 bits per heavy atom. The summed E-state index contributed by atoms with van der Waals surface area (Å²) in [6.45, 7) is 0.105. The number of carbonyl (C=O) groups excluding carboxylic acids is 4. The lowest BCUT2D eigenvalue weighted by Crippen LogP contribution is -2.52. The van der Waals surface area contributed by atoms with Crippen molar-refractivity contribution >= 4 is 24.1 Å². The second kappa shape index (κ2) is 15.8. The van der Waals surface area contributed by atoms with Gasteiger partial charge in [-0.25, -0.2) is 19.2 Å². The fraction of sp³-hybridized carbons (Fsp3) is 0.500. The molecule has 0 spiro atoms. The first kappa shape index (κ1) is 30.1. The molecule has 2 aromatic rings. The zero-order valence-electron chi connectivity index (χ0n) is 23.4.